The summed E-state index contributed by atoms with van der Waals surface area (Å²) in [6.45, 7) is 0. The Bertz CT molecular complexity index is 540. The van der Waals surface area contributed by atoms with Crippen molar-refractivity contribution < 1.29 is 4.79 Å². The van der Waals surface area contributed by atoms with Crippen LogP contribution < -0.4 is 0 Å². The average Bonchev–Trinajstić information content (AvgIpc) is 2.72. The maximum atomic E-state index is 11.8. The molecule has 0 unspecified atom stereocenters. The third-order valence-corrected chi connectivity index (χ3v) is 3.16. The lowest BCUT2D eigenvalue weighted by Gasteiger charge is -2.02. The van der Waals surface area contributed by atoms with E-state index >= 15 is 0 Å². The summed E-state index contributed by atoms with van der Waals surface area (Å²) in [7, 11) is 3.79. The summed E-state index contributed by atoms with van der Waals surface area (Å²) in [4.78, 5) is 13.7. The highest BCUT2D eigenvalue weighted by Crippen LogP contribution is 2.21. The van der Waals surface area contributed by atoms with Crippen molar-refractivity contribution in [2.24, 2.45) is 0 Å². The first-order valence-corrected chi connectivity index (χ1v) is 5.91. The van der Waals surface area contributed by atoms with Gasteiger partial charge in [-0.3, -0.25) is 4.79 Å². The molecule has 82 valence electrons. The molecule has 0 aliphatic heterocycles. The first-order chi connectivity index (χ1) is 7.66. The fourth-order valence-corrected chi connectivity index (χ4v) is 2.20. The smallest absolute Gasteiger partial charge is 0.187 e. The second-order valence-electron chi connectivity index (χ2n) is 3.82. The first kappa shape index (κ1) is 10.9. The van der Waals surface area contributed by atoms with Crippen LogP contribution in [0.2, 0.25) is 0 Å². The van der Waals surface area contributed by atoms with E-state index in [1.54, 1.807) is 23.6 Å². The highest BCUT2D eigenvalue weighted by molar-refractivity contribution is 7.17. The van der Waals surface area contributed by atoms with Gasteiger partial charge >= 0.3 is 0 Å². The lowest BCUT2D eigenvalue weighted by molar-refractivity contribution is 0.104. The van der Waals surface area contributed by atoms with Crippen molar-refractivity contribution in [3.8, 4) is 0 Å². The molecule has 0 spiro atoms. The topological polar surface area (TPSA) is 20.3 Å². The van der Waals surface area contributed by atoms with E-state index < -0.39 is 0 Å². The number of ketones is 1. The molecule has 2 nitrogen and oxygen atoms in total. The van der Waals surface area contributed by atoms with Gasteiger partial charge in [0.25, 0.3) is 0 Å². The Hall–Kier alpha value is -1.61. The third-order valence-electron chi connectivity index (χ3n) is 2.26. The van der Waals surface area contributed by atoms with Gasteiger partial charge in [0.05, 0.1) is 0 Å². The molecule has 16 heavy (non-hydrogen) atoms. The number of hydrogen-bond acceptors (Lipinski definition) is 3. The normalized spacial score (nSPS) is 11.1. The molecule has 0 saturated heterocycles. The van der Waals surface area contributed by atoms with Gasteiger partial charge in [0, 0.05) is 36.6 Å². The van der Waals surface area contributed by atoms with E-state index in [-0.39, 0.29) is 5.78 Å². The van der Waals surface area contributed by atoms with Crippen LogP contribution in [0.5, 0.6) is 0 Å². The Morgan fingerprint density at radius 2 is 2.12 bits per heavy atom. The van der Waals surface area contributed by atoms with Crippen LogP contribution in [-0.4, -0.2) is 24.8 Å². The van der Waals surface area contributed by atoms with Crippen LogP contribution in [0.4, 0.5) is 0 Å². The molecule has 0 fully saturated rings. The van der Waals surface area contributed by atoms with E-state index in [0.717, 1.165) is 10.9 Å². The van der Waals surface area contributed by atoms with E-state index in [1.807, 2.05) is 48.6 Å². The van der Waals surface area contributed by atoms with Gasteiger partial charge in [-0.15, -0.1) is 11.3 Å². The molecule has 0 N–H and O–H groups in total. The van der Waals surface area contributed by atoms with Gasteiger partial charge in [-0.2, -0.15) is 0 Å². The molecule has 0 bridgehead atoms. The minimum atomic E-state index is 0.0433. The molecule has 1 aromatic carbocycles. The van der Waals surface area contributed by atoms with Gasteiger partial charge in [-0.1, -0.05) is 0 Å². The second kappa shape index (κ2) is 4.49. The molecule has 2 rings (SSSR count). The summed E-state index contributed by atoms with van der Waals surface area (Å²) >= 11 is 1.69. The second-order valence-corrected chi connectivity index (χ2v) is 4.76. The Kier molecular flexibility index (Phi) is 3.06. The number of carbonyl (C=O) groups excluding carboxylic acids is 1. The number of fused-ring (bicyclic) bond motifs is 1. The summed E-state index contributed by atoms with van der Waals surface area (Å²) in [6.07, 6.45) is 3.35. The first-order valence-electron chi connectivity index (χ1n) is 5.03. The van der Waals surface area contributed by atoms with Gasteiger partial charge in [-0.25, -0.2) is 0 Å². The molecule has 0 aliphatic rings. The summed E-state index contributed by atoms with van der Waals surface area (Å²) in [5, 5.41) is 3.17. The third kappa shape index (κ3) is 2.31. The summed E-state index contributed by atoms with van der Waals surface area (Å²) in [5.41, 5.74) is 0.740. The van der Waals surface area contributed by atoms with Crippen LogP contribution in [0.3, 0.4) is 0 Å². The highest BCUT2D eigenvalue weighted by Gasteiger charge is 2.03. The molecule has 0 amide bonds. The Balaban J connectivity index is 2.29. The predicted molar refractivity (Wildman–Crippen MR) is 69.0 cm³/mol. The molecule has 0 saturated carbocycles. The van der Waals surface area contributed by atoms with Crippen LogP contribution in [0.15, 0.2) is 41.9 Å². The predicted octanol–water partition coefficient (Wildman–Crippen LogP) is 3.16. The number of rotatable bonds is 3. The Morgan fingerprint density at radius 1 is 1.31 bits per heavy atom. The highest BCUT2D eigenvalue weighted by atomic mass is 32.1. The van der Waals surface area contributed by atoms with Crippen LogP contribution in [-0.2, 0) is 0 Å². The van der Waals surface area contributed by atoms with Crippen molar-refractivity contribution in [3.63, 3.8) is 0 Å². The molecule has 0 radical (unpaired) electrons. The number of allylic oxidation sites excluding steroid dienone is 1. The molecule has 0 aliphatic carbocycles. The average molecular weight is 231 g/mol. The largest absolute Gasteiger partial charge is 0.383 e. The van der Waals surface area contributed by atoms with Crippen molar-refractivity contribution in [1.82, 2.24) is 4.90 Å². The molecule has 2 aromatic rings. The fraction of sp³-hybridized carbons (Fsp3) is 0.154. The Labute approximate surface area is 98.8 Å². The van der Waals surface area contributed by atoms with E-state index in [9.17, 15) is 4.79 Å². The zero-order valence-electron chi connectivity index (χ0n) is 9.31. The quantitative estimate of drug-likeness (QED) is 0.597. The summed E-state index contributed by atoms with van der Waals surface area (Å²) in [5.74, 6) is 0.0433. The molecule has 1 heterocycles. The van der Waals surface area contributed by atoms with Crippen LogP contribution in [0, 0.1) is 0 Å². The minimum absolute atomic E-state index is 0.0433. The maximum Gasteiger partial charge on any atom is 0.187 e. The zero-order valence-corrected chi connectivity index (χ0v) is 10.1. The number of hydrogen-bond donors (Lipinski definition) is 0. The number of nitrogens with zero attached hydrogens (tertiary/aromatic N) is 1. The van der Waals surface area contributed by atoms with E-state index in [4.69, 9.17) is 0 Å². The minimum Gasteiger partial charge on any atom is -0.383 e. The molecule has 3 heteroatoms. The fourth-order valence-electron chi connectivity index (χ4n) is 1.43. The van der Waals surface area contributed by atoms with Gasteiger partial charge in [0.2, 0.25) is 0 Å². The van der Waals surface area contributed by atoms with E-state index in [2.05, 4.69) is 0 Å². The van der Waals surface area contributed by atoms with E-state index in [1.165, 1.54) is 4.70 Å². The van der Waals surface area contributed by atoms with Crippen LogP contribution in [0.1, 0.15) is 10.4 Å². The molecule has 1 aromatic heterocycles. The number of benzene rings is 1. The summed E-state index contributed by atoms with van der Waals surface area (Å²) in [6, 6.07) is 7.85. The summed E-state index contributed by atoms with van der Waals surface area (Å²) < 4.78 is 1.22. The zero-order chi connectivity index (χ0) is 11.5. The molecular weight excluding hydrogens is 218 g/mol. The van der Waals surface area contributed by atoms with Crippen molar-refractivity contribution in [2.45, 2.75) is 0 Å². The van der Waals surface area contributed by atoms with Crippen molar-refractivity contribution >= 4 is 27.2 Å². The lowest BCUT2D eigenvalue weighted by Crippen LogP contribution is -2.03. The lowest BCUT2D eigenvalue weighted by atomic mass is 10.1. The van der Waals surface area contributed by atoms with Gasteiger partial charge in [0.15, 0.2) is 5.78 Å². The maximum absolute atomic E-state index is 11.8. The van der Waals surface area contributed by atoms with E-state index in [0.29, 0.717) is 0 Å². The SMILES string of the molecule is CN(C)/C=C/C(=O)c1ccc2sccc2c1. The monoisotopic (exact) mass is 231 g/mol. The van der Waals surface area contributed by atoms with Gasteiger partial charge < -0.3 is 4.90 Å². The van der Waals surface area contributed by atoms with Crippen molar-refractivity contribution in [3.05, 3.63) is 47.5 Å². The van der Waals surface area contributed by atoms with Crippen molar-refractivity contribution in [1.29, 1.82) is 0 Å². The van der Waals surface area contributed by atoms with Crippen LogP contribution >= 0.6 is 11.3 Å². The molecular formula is C13H13NOS. The van der Waals surface area contributed by atoms with Crippen molar-refractivity contribution in [2.75, 3.05) is 14.1 Å². The molecule has 0 atom stereocenters. The number of carbonyl (C=O) groups is 1. The van der Waals surface area contributed by atoms with Crippen LogP contribution in [0.25, 0.3) is 10.1 Å². The Morgan fingerprint density at radius 3 is 2.88 bits per heavy atom. The van der Waals surface area contributed by atoms with Gasteiger partial charge in [-0.05, 0) is 35.0 Å². The number of thiophene rings is 1. The van der Waals surface area contributed by atoms with Gasteiger partial charge in [0.1, 0.15) is 0 Å². The standard InChI is InChI=1S/C13H13NOS/c1-14(2)7-5-12(15)10-3-4-13-11(9-10)6-8-16-13/h3-9H,1-2H3/b7-5+.